The topological polar surface area (TPSA) is 94.5 Å². The number of aliphatic hydroxyl groups excluding tert-OH is 1. The molecule has 3 aliphatic carbocycles. The summed E-state index contributed by atoms with van der Waals surface area (Å²) < 4.78 is 22.9. The van der Waals surface area contributed by atoms with Gasteiger partial charge in [-0.15, -0.1) is 0 Å². The molecule has 0 amide bonds. The van der Waals surface area contributed by atoms with Gasteiger partial charge in [0, 0.05) is 43.3 Å². The number of hydrogen-bond donors (Lipinski definition) is 2. The molecule has 29 heavy (non-hydrogen) atoms. The van der Waals surface area contributed by atoms with Gasteiger partial charge in [0.25, 0.3) is 0 Å². The second kappa shape index (κ2) is 6.76. The maximum absolute atomic E-state index is 13.6. The molecule has 1 saturated heterocycles. The van der Waals surface area contributed by atoms with Gasteiger partial charge in [-0.05, 0) is 31.8 Å². The van der Waals surface area contributed by atoms with Crippen molar-refractivity contribution >= 4 is 5.78 Å². The molecule has 1 heterocycles. The molecule has 0 aromatic rings. The van der Waals surface area contributed by atoms with E-state index in [0.717, 1.165) is 0 Å². The first-order chi connectivity index (χ1) is 13.6. The minimum Gasteiger partial charge on any atom is -0.493 e. The lowest BCUT2D eigenvalue weighted by atomic mass is 9.38. The van der Waals surface area contributed by atoms with Crippen LogP contribution in [0.15, 0.2) is 11.8 Å². The third-order valence-electron chi connectivity index (χ3n) is 8.82. The van der Waals surface area contributed by atoms with Crippen LogP contribution in [-0.4, -0.2) is 67.5 Å². The van der Waals surface area contributed by atoms with Crippen LogP contribution in [0.3, 0.4) is 0 Å². The van der Waals surface area contributed by atoms with Gasteiger partial charge in [0.05, 0.1) is 24.9 Å². The molecule has 7 heteroatoms. The van der Waals surface area contributed by atoms with Crippen LogP contribution in [-0.2, 0) is 23.7 Å². The number of carbonyl (C=O) groups is 1. The van der Waals surface area contributed by atoms with E-state index >= 15 is 0 Å². The Morgan fingerprint density at radius 3 is 2.41 bits per heavy atom. The minimum absolute atomic E-state index is 0.00318. The summed E-state index contributed by atoms with van der Waals surface area (Å²) in [5, 5.41) is 23.1. The number of carbonyl (C=O) groups excluding carboxylic acids is 1. The van der Waals surface area contributed by atoms with Crippen LogP contribution < -0.4 is 0 Å². The van der Waals surface area contributed by atoms with E-state index in [1.54, 1.807) is 14.0 Å². The fraction of sp³-hybridized carbons (Fsp3) is 0.864. The van der Waals surface area contributed by atoms with Gasteiger partial charge < -0.3 is 29.2 Å². The normalized spacial score (nSPS) is 54.3. The third-order valence-corrected chi connectivity index (χ3v) is 8.82. The van der Waals surface area contributed by atoms with Crippen molar-refractivity contribution in [2.24, 2.45) is 28.6 Å². The SMILES string of the molecule is COC1=CC[C@@H]2C[C@H]3O[C@H](OC)C[C@H]4[C@](C)(O)[C@H](OC)[C@@H](O)[C@H]([C@@]2(C)C1=O)[C@@]34C. The zero-order valence-electron chi connectivity index (χ0n) is 18.2. The Morgan fingerprint density at radius 2 is 1.83 bits per heavy atom. The molecular formula is C22H34O7. The fourth-order valence-electron chi connectivity index (χ4n) is 7.48. The number of fused-ring (bicyclic) bond motifs is 2. The summed E-state index contributed by atoms with van der Waals surface area (Å²) >= 11 is 0. The summed E-state index contributed by atoms with van der Waals surface area (Å²) in [6, 6.07) is 0. The lowest BCUT2D eigenvalue weighted by Gasteiger charge is -2.70. The first-order valence-corrected chi connectivity index (χ1v) is 10.5. The Morgan fingerprint density at radius 1 is 1.14 bits per heavy atom. The number of hydrogen-bond acceptors (Lipinski definition) is 7. The first-order valence-electron chi connectivity index (χ1n) is 10.5. The van der Waals surface area contributed by atoms with E-state index in [9.17, 15) is 15.0 Å². The average molecular weight is 411 g/mol. The van der Waals surface area contributed by atoms with Gasteiger partial charge in [0.15, 0.2) is 12.0 Å². The Hall–Kier alpha value is -0.990. The fourth-order valence-corrected chi connectivity index (χ4v) is 7.48. The van der Waals surface area contributed by atoms with Gasteiger partial charge in [-0.2, -0.15) is 0 Å². The van der Waals surface area contributed by atoms with Crippen LogP contribution in [0.1, 0.15) is 40.0 Å². The highest BCUT2D eigenvalue weighted by Crippen LogP contribution is 2.68. The number of aliphatic hydroxyl groups is 2. The summed E-state index contributed by atoms with van der Waals surface area (Å²) in [6.45, 7) is 5.73. The number of Topliss-reactive ketones (excluding diaryl/α,β-unsaturated/α-hetero) is 1. The van der Waals surface area contributed by atoms with E-state index in [1.807, 2.05) is 13.0 Å². The van der Waals surface area contributed by atoms with Crippen LogP contribution in [0.4, 0.5) is 0 Å². The van der Waals surface area contributed by atoms with Crippen LogP contribution >= 0.6 is 0 Å². The molecule has 0 unspecified atom stereocenters. The Balaban J connectivity index is 1.91. The van der Waals surface area contributed by atoms with E-state index in [-0.39, 0.29) is 23.7 Å². The Labute approximate surface area is 172 Å². The van der Waals surface area contributed by atoms with Crippen molar-refractivity contribution in [1.29, 1.82) is 0 Å². The summed E-state index contributed by atoms with van der Waals surface area (Å²) in [7, 11) is 4.62. The summed E-state index contributed by atoms with van der Waals surface area (Å²) in [6.07, 6.45) is 1.16. The molecule has 0 radical (unpaired) electrons. The number of rotatable bonds is 3. The molecule has 0 aromatic heterocycles. The van der Waals surface area contributed by atoms with Gasteiger partial charge in [-0.3, -0.25) is 4.79 Å². The highest BCUT2D eigenvalue weighted by atomic mass is 16.7. The van der Waals surface area contributed by atoms with Crippen LogP contribution in [0, 0.1) is 28.6 Å². The van der Waals surface area contributed by atoms with Crippen molar-refractivity contribution in [2.45, 2.75) is 70.2 Å². The van der Waals surface area contributed by atoms with E-state index in [0.29, 0.717) is 25.0 Å². The van der Waals surface area contributed by atoms with Crippen molar-refractivity contribution in [3.8, 4) is 0 Å². The molecule has 0 spiro atoms. The Bertz CT molecular complexity index is 718. The predicted molar refractivity (Wildman–Crippen MR) is 104 cm³/mol. The highest BCUT2D eigenvalue weighted by molar-refractivity contribution is 5.99. The van der Waals surface area contributed by atoms with Crippen LogP contribution in [0.2, 0.25) is 0 Å². The van der Waals surface area contributed by atoms with Crippen molar-refractivity contribution in [3.63, 3.8) is 0 Å². The predicted octanol–water partition coefficient (Wildman–Crippen LogP) is 1.66. The smallest absolute Gasteiger partial charge is 0.203 e. The first kappa shape index (κ1) is 21.2. The summed E-state index contributed by atoms with van der Waals surface area (Å²) in [5.41, 5.74) is -2.75. The number of methoxy groups -OCH3 is 3. The lowest BCUT2D eigenvalue weighted by molar-refractivity contribution is -0.355. The van der Waals surface area contributed by atoms with E-state index in [4.69, 9.17) is 18.9 Å². The molecule has 0 aromatic carbocycles. The van der Waals surface area contributed by atoms with Gasteiger partial charge in [-0.1, -0.05) is 13.8 Å². The highest BCUT2D eigenvalue weighted by Gasteiger charge is 2.74. The monoisotopic (exact) mass is 410 g/mol. The molecule has 3 fully saturated rings. The molecule has 164 valence electrons. The average Bonchev–Trinajstić information content (AvgIpc) is 2.66. The molecular weight excluding hydrogens is 376 g/mol. The maximum Gasteiger partial charge on any atom is 0.203 e. The minimum atomic E-state index is -1.29. The molecule has 4 aliphatic rings. The van der Waals surface area contributed by atoms with Crippen molar-refractivity contribution in [2.75, 3.05) is 21.3 Å². The van der Waals surface area contributed by atoms with Gasteiger partial charge >= 0.3 is 0 Å². The maximum atomic E-state index is 13.6. The zero-order valence-corrected chi connectivity index (χ0v) is 18.2. The Kier molecular flexibility index (Phi) is 4.95. The van der Waals surface area contributed by atoms with Gasteiger partial charge in [-0.25, -0.2) is 0 Å². The lowest BCUT2D eigenvalue weighted by Crippen LogP contribution is -2.77. The van der Waals surface area contributed by atoms with Crippen LogP contribution in [0.25, 0.3) is 0 Å². The molecule has 2 N–H and O–H groups in total. The molecule has 7 nitrogen and oxygen atoms in total. The second-order valence-corrected chi connectivity index (χ2v) is 9.85. The van der Waals surface area contributed by atoms with Gasteiger partial charge in [0.1, 0.15) is 6.10 Å². The molecule has 2 saturated carbocycles. The largest absolute Gasteiger partial charge is 0.493 e. The molecule has 10 atom stereocenters. The van der Waals surface area contributed by atoms with E-state index in [2.05, 4.69) is 6.92 Å². The van der Waals surface area contributed by atoms with Crippen molar-refractivity contribution in [1.82, 2.24) is 0 Å². The quantitative estimate of drug-likeness (QED) is 0.731. The zero-order chi connectivity index (χ0) is 21.4. The third kappa shape index (κ3) is 2.51. The number of ketones is 1. The van der Waals surface area contributed by atoms with Gasteiger partial charge in [0.2, 0.25) is 5.78 Å². The number of allylic oxidation sites excluding steroid dienone is 2. The standard InChI is InChI=1S/C22H34O7/c1-20-11(7-8-12(26-4)18(20)24)9-14-21(2)13(10-15(27-5)29-14)22(3,25)19(28-6)16(23)17(20)21/h8,11,13-17,19,23,25H,7,9-10H2,1-6H3/t11-,13-,14-,15+,16+,17-,19-,20+,21-,22+/m1/s1. The van der Waals surface area contributed by atoms with Crippen LogP contribution in [0.5, 0.6) is 0 Å². The van der Waals surface area contributed by atoms with E-state index < -0.39 is 40.8 Å². The molecule has 0 bridgehead atoms. The number of ether oxygens (including phenoxy) is 4. The van der Waals surface area contributed by atoms with E-state index in [1.165, 1.54) is 14.2 Å². The summed E-state index contributed by atoms with van der Waals surface area (Å²) in [5.74, 6) is -0.433. The van der Waals surface area contributed by atoms with Crippen molar-refractivity contribution < 1.29 is 34.0 Å². The summed E-state index contributed by atoms with van der Waals surface area (Å²) in [4.78, 5) is 13.6. The second-order valence-electron chi connectivity index (χ2n) is 9.85. The molecule has 1 aliphatic heterocycles. The molecule has 4 rings (SSSR count). The van der Waals surface area contributed by atoms with Crippen molar-refractivity contribution in [3.05, 3.63) is 11.8 Å².